The van der Waals surface area contributed by atoms with Crippen LogP contribution in [0.5, 0.6) is 0 Å². The molecule has 2 heterocycles. The number of aliphatic hydroxyl groups excluding tert-OH is 1. The summed E-state index contributed by atoms with van der Waals surface area (Å²) in [4.78, 5) is 32.6. The van der Waals surface area contributed by atoms with Crippen molar-refractivity contribution >= 4 is 36.7 Å². The summed E-state index contributed by atoms with van der Waals surface area (Å²) >= 11 is 0. The van der Waals surface area contributed by atoms with Crippen LogP contribution < -0.4 is 17.0 Å². The molecule has 8 nitrogen and oxygen atoms in total. The average Bonchev–Trinajstić information content (AvgIpc) is 2.85. The number of carbonyl (C=O) groups is 1. The second-order valence-corrected chi connectivity index (χ2v) is 6.17. The molecule has 0 unspecified atom stereocenters. The van der Waals surface area contributed by atoms with Crippen LogP contribution in [0.4, 0.5) is 5.95 Å². The topological polar surface area (TPSA) is 138 Å². The molecule has 24 heavy (non-hydrogen) atoms. The molecule has 10 heteroatoms. The van der Waals surface area contributed by atoms with Crippen LogP contribution in [-0.4, -0.2) is 51.6 Å². The molecule has 2 aliphatic rings. The third kappa shape index (κ3) is 3.37. The Bertz CT molecular complexity index is 658. The van der Waals surface area contributed by atoms with Crippen LogP contribution in [0.3, 0.4) is 0 Å². The minimum atomic E-state index is -0.860. The van der Waals surface area contributed by atoms with Gasteiger partial charge in [-0.2, -0.15) is 0 Å². The first-order valence-corrected chi connectivity index (χ1v) is 7.51. The molecule has 6 N–H and O–H groups in total. The number of amides is 1. The number of aromatic amines is 1. The van der Waals surface area contributed by atoms with Gasteiger partial charge in [-0.1, -0.05) is 0 Å². The van der Waals surface area contributed by atoms with Crippen molar-refractivity contribution in [1.82, 2.24) is 14.9 Å². The monoisotopic (exact) mass is 379 g/mol. The van der Waals surface area contributed by atoms with Crippen LogP contribution in [0.15, 0.2) is 4.79 Å². The molecule has 1 spiro atoms. The third-order valence-electron chi connectivity index (χ3n) is 4.94. The predicted octanol–water partition coefficient (Wildman–Crippen LogP) is -0.678. The molecule has 136 valence electrons. The van der Waals surface area contributed by atoms with E-state index in [-0.39, 0.29) is 54.3 Å². The molecule has 1 aliphatic carbocycles. The van der Waals surface area contributed by atoms with Gasteiger partial charge in [0.05, 0.1) is 12.3 Å². The van der Waals surface area contributed by atoms with Crippen LogP contribution >= 0.6 is 24.8 Å². The molecule has 3 rings (SSSR count). The molecule has 1 amide bonds. The van der Waals surface area contributed by atoms with Crippen molar-refractivity contribution in [3.63, 3.8) is 0 Å². The Morgan fingerprint density at radius 3 is 2.54 bits per heavy atom. The zero-order chi connectivity index (χ0) is 15.9. The number of hydrogen-bond acceptors (Lipinski definition) is 6. The van der Waals surface area contributed by atoms with Crippen molar-refractivity contribution < 1.29 is 9.90 Å². The second-order valence-electron chi connectivity index (χ2n) is 6.17. The van der Waals surface area contributed by atoms with Crippen molar-refractivity contribution in [1.29, 1.82) is 0 Å². The highest BCUT2D eigenvalue weighted by molar-refractivity contribution is 5.85. The van der Waals surface area contributed by atoms with Crippen molar-refractivity contribution in [3.05, 3.63) is 21.6 Å². The van der Waals surface area contributed by atoms with Crippen molar-refractivity contribution in [3.8, 4) is 0 Å². The molecule has 1 atom stereocenters. The summed E-state index contributed by atoms with van der Waals surface area (Å²) in [6, 6.07) is -0.860. The van der Waals surface area contributed by atoms with E-state index in [1.165, 1.54) is 0 Å². The number of piperidine rings is 1. The summed E-state index contributed by atoms with van der Waals surface area (Å²) in [7, 11) is 0. The van der Waals surface area contributed by atoms with Crippen LogP contribution in [0.2, 0.25) is 0 Å². The number of aliphatic hydroxyl groups is 1. The first-order chi connectivity index (χ1) is 10.5. The van der Waals surface area contributed by atoms with E-state index < -0.39 is 6.04 Å². The molecule has 0 radical (unpaired) electrons. The number of nitrogens with zero attached hydrogens (tertiary/aromatic N) is 2. The molecular formula is C14H23Cl2N5O3. The standard InChI is InChI=1S/C14H21N5O3.2ClH/c15-9(7-20)12(22)19-5-3-14(4-6-19)2-1-8-10(14)17-13(16)18-11(8)21;;/h9,20H,1-7,15H2,(H3,16,17,18,21);2*1H/t9-;;/m0../s1. The number of nitrogen functional groups attached to an aromatic ring is 1. The Balaban J connectivity index is 0.00000144. The van der Waals surface area contributed by atoms with Gasteiger partial charge in [-0.15, -0.1) is 24.8 Å². The summed E-state index contributed by atoms with van der Waals surface area (Å²) in [5.74, 6) is -0.0835. The maximum atomic E-state index is 12.0. The molecule has 0 saturated carbocycles. The number of H-pyrrole nitrogens is 1. The highest BCUT2D eigenvalue weighted by Gasteiger charge is 2.44. The number of likely N-dealkylation sites (tertiary alicyclic amines) is 1. The van der Waals surface area contributed by atoms with Gasteiger partial charge in [0.25, 0.3) is 5.56 Å². The molecule has 1 aromatic heterocycles. The highest BCUT2D eigenvalue weighted by atomic mass is 35.5. The Kier molecular flexibility index (Phi) is 6.63. The van der Waals surface area contributed by atoms with Gasteiger partial charge in [0, 0.05) is 24.1 Å². The van der Waals surface area contributed by atoms with Gasteiger partial charge < -0.3 is 21.5 Å². The van der Waals surface area contributed by atoms with E-state index in [0.717, 1.165) is 30.5 Å². The largest absolute Gasteiger partial charge is 0.394 e. The Hall–Kier alpha value is -1.35. The molecule has 0 bridgehead atoms. The van der Waals surface area contributed by atoms with Gasteiger partial charge >= 0.3 is 0 Å². The summed E-state index contributed by atoms with van der Waals surface area (Å²) in [5, 5.41) is 9.00. The number of nitrogens with two attached hydrogens (primary N) is 2. The lowest BCUT2D eigenvalue weighted by Gasteiger charge is -2.40. The van der Waals surface area contributed by atoms with Crippen molar-refractivity contribution in [2.45, 2.75) is 37.1 Å². The number of fused-ring (bicyclic) bond motifs is 2. The van der Waals surface area contributed by atoms with Crippen LogP contribution in [0.1, 0.15) is 30.5 Å². The molecule has 1 fully saturated rings. The van der Waals surface area contributed by atoms with Gasteiger partial charge in [0.1, 0.15) is 6.04 Å². The summed E-state index contributed by atoms with van der Waals surface area (Å²) in [6.45, 7) is 0.761. The van der Waals surface area contributed by atoms with E-state index in [9.17, 15) is 9.59 Å². The summed E-state index contributed by atoms with van der Waals surface area (Å²) in [5.41, 5.74) is 12.5. The van der Waals surface area contributed by atoms with Gasteiger partial charge in [-0.05, 0) is 25.7 Å². The van der Waals surface area contributed by atoms with E-state index in [2.05, 4.69) is 9.97 Å². The van der Waals surface area contributed by atoms with E-state index in [0.29, 0.717) is 19.5 Å². The van der Waals surface area contributed by atoms with E-state index >= 15 is 0 Å². The molecular weight excluding hydrogens is 357 g/mol. The van der Waals surface area contributed by atoms with Crippen molar-refractivity contribution in [2.75, 3.05) is 25.4 Å². The minimum Gasteiger partial charge on any atom is -0.394 e. The van der Waals surface area contributed by atoms with Crippen molar-refractivity contribution in [2.24, 2.45) is 5.73 Å². The highest BCUT2D eigenvalue weighted by Crippen LogP contribution is 2.44. The normalized spacial score (nSPS) is 19.2. The lowest BCUT2D eigenvalue weighted by molar-refractivity contribution is -0.135. The number of carbonyl (C=O) groups excluding carboxylic acids is 1. The quantitative estimate of drug-likeness (QED) is 0.536. The smallest absolute Gasteiger partial charge is 0.255 e. The average molecular weight is 380 g/mol. The third-order valence-corrected chi connectivity index (χ3v) is 4.94. The zero-order valence-electron chi connectivity index (χ0n) is 13.2. The minimum absolute atomic E-state index is 0. The number of hydrogen-bond donors (Lipinski definition) is 4. The Labute approximate surface area is 151 Å². The van der Waals surface area contributed by atoms with E-state index in [1.807, 2.05) is 0 Å². The molecule has 1 aliphatic heterocycles. The Morgan fingerprint density at radius 1 is 1.33 bits per heavy atom. The number of anilines is 1. The van der Waals surface area contributed by atoms with Crippen LogP contribution in [0, 0.1) is 0 Å². The molecule has 1 saturated heterocycles. The molecule has 1 aromatic rings. The van der Waals surface area contributed by atoms with Crippen LogP contribution in [0.25, 0.3) is 0 Å². The lowest BCUT2D eigenvalue weighted by atomic mass is 9.76. The van der Waals surface area contributed by atoms with E-state index in [4.69, 9.17) is 16.6 Å². The maximum absolute atomic E-state index is 12.0. The fourth-order valence-electron chi connectivity index (χ4n) is 3.62. The predicted molar refractivity (Wildman–Crippen MR) is 94.6 cm³/mol. The fourth-order valence-corrected chi connectivity index (χ4v) is 3.62. The number of nitrogens with one attached hydrogen (secondary N) is 1. The summed E-state index contributed by atoms with van der Waals surface area (Å²) < 4.78 is 0. The molecule has 0 aromatic carbocycles. The first kappa shape index (κ1) is 20.7. The first-order valence-electron chi connectivity index (χ1n) is 7.51. The Morgan fingerprint density at radius 2 is 1.96 bits per heavy atom. The number of rotatable bonds is 2. The SMILES string of the molecule is Cl.Cl.Nc1nc2c(c(=O)[nH]1)CCC21CCN(C(=O)[C@@H](N)CO)CC1. The van der Waals surface area contributed by atoms with Gasteiger partial charge in [-0.25, -0.2) is 4.98 Å². The van der Waals surface area contributed by atoms with Gasteiger partial charge in [0.2, 0.25) is 11.9 Å². The second kappa shape index (κ2) is 7.69. The number of halogens is 2. The maximum Gasteiger partial charge on any atom is 0.255 e. The fraction of sp³-hybridized carbons (Fsp3) is 0.643. The van der Waals surface area contributed by atoms with E-state index in [1.54, 1.807) is 4.90 Å². The lowest BCUT2D eigenvalue weighted by Crippen LogP contribution is -2.51. The zero-order valence-corrected chi connectivity index (χ0v) is 14.8. The van der Waals surface area contributed by atoms with Crippen LogP contribution in [-0.2, 0) is 16.6 Å². The van der Waals surface area contributed by atoms with Gasteiger partial charge in [-0.3, -0.25) is 14.6 Å². The van der Waals surface area contributed by atoms with Gasteiger partial charge in [0.15, 0.2) is 0 Å². The summed E-state index contributed by atoms with van der Waals surface area (Å²) in [6.07, 6.45) is 3.03. The number of aromatic nitrogens is 2.